The quantitative estimate of drug-likeness (QED) is 0.824. The maximum Gasteiger partial charge on any atom is 0.232 e. The highest BCUT2D eigenvalue weighted by molar-refractivity contribution is 5.08. The number of nitrogens with zero attached hydrogens (tertiary/aromatic N) is 3. The van der Waals surface area contributed by atoms with E-state index in [0.717, 1.165) is 18.3 Å². The molecule has 5 nitrogen and oxygen atoms in total. The highest BCUT2D eigenvalue weighted by Gasteiger charge is 2.25. The van der Waals surface area contributed by atoms with Gasteiger partial charge in [0.2, 0.25) is 5.88 Å². The van der Waals surface area contributed by atoms with E-state index >= 15 is 0 Å². The lowest BCUT2D eigenvalue weighted by atomic mass is 10.1. The molecular weight excluding hydrogens is 252 g/mol. The van der Waals surface area contributed by atoms with Crippen LogP contribution in [0.3, 0.4) is 0 Å². The topological polar surface area (TPSA) is 50.3 Å². The Bertz CT molecular complexity index is 426. The minimum absolute atomic E-state index is 0.0749. The molecule has 0 unspecified atom stereocenters. The molecule has 1 aromatic heterocycles. The Labute approximate surface area is 121 Å². The van der Waals surface area contributed by atoms with Gasteiger partial charge >= 0.3 is 0 Å². The van der Waals surface area contributed by atoms with Gasteiger partial charge in [0.05, 0.1) is 11.9 Å². The van der Waals surface area contributed by atoms with Crippen molar-refractivity contribution in [2.75, 3.05) is 20.2 Å². The molecule has 0 radical (unpaired) electrons. The summed E-state index contributed by atoms with van der Waals surface area (Å²) in [7, 11) is 2.15. The Hall–Kier alpha value is -1.20. The predicted octanol–water partition coefficient (Wildman–Crippen LogP) is 1.84. The Balaban J connectivity index is 1.76. The lowest BCUT2D eigenvalue weighted by Gasteiger charge is -2.20. The number of hydrogen-bond acceptors (Lipinski definition) is 5. The van der Waals surface area contributed by atoms with Crippen LogP contribution in [-0.2, 0) is 6.54 Å². The third kappa shape index (κ3) is 5.43. The molecule has 112 valence electrons. The first kappa shape index (κ1) is 15.2. The van der Waals surface area contributed by atoms with Crippen LogP contribution in [0, 0.1) is 0 Å². The molecule has 0 bridgehead atoms. The fourth-order valence-corrected chi connectivity index (χ4v) is 1.89. The summed E-state index contributed by atoms with van der Waals surface area (Å²) in [5.74, 6) is 0.613. The zero-order valence-corrected chi connectivity index (χ0v) is 13.0. The second-order valence-electron chi connectivity index (χ2n) is 6.51. The normalized spacial score (nSPS) is 15.7. The van der Waals surface area contributed by atoms with Gasteiger partial charge in [-0.25, -0.2) is 4.98 Å². The molecule has 0 spiro atoms. The van der Waals surface area contributed by atoms with E-state index in [-0.39, 0.29) is 5.54 Å². The standard InChI is InChI=1S/C15H26N4O/c1-15(2,3)17-10-12-9-16-11-14(18-12)20-8-7-19(4)13-5-6-13/h9,11,13,17H,5-8,10H2,1-4H3. The fraction of sp³-hybridized carbons (Fsp3) is 0.733. The van der Waals surface area contributed by atoms with Gasteiger partial charge in [-0.1, -0.05) is 0 Å². The van der Waals surface area contributed by atoms with Gasteiger partial charge in [0.1, 0.15) is 6.61 Å². The van der Waals surface area contributed by atoms with Crippen LogP contribution >= 0.6 is 0 Å². The third-order valence-corrected chi connectivity index (χ3v) is 3.33. The summed E-state index contributed by atoms with van der Waals surface area (Å²) in [6.07, 6.45) is 6.11. The summed E-state index contributed by atoms with van der Waals surface area (Å²) in [6, 6.07) is 0.770. The van der Waals surface area contributed by atoms with Crippen LogP contribution in [0.4, 0.5) is 0 Å². The second-order valence-corrected chi connectivity index (χ2v) is 6.51. The van der Waals surface area contributed by atoms with Gasteiger partial charge < -0.3 is 15.0 Å². The summed E-state index contributed by atoms with van der Waals surface area (Å²) in [6.45, 7) is 8.71. The Kier molecular flexibility index (Phi) is 4.94. The van der Waals surface area contributed by atoms with Gasteiger partial charge in [-0.3, -0.25) is 4.98 Å². The van der Waals surface area contributed by atoms with E-state index in [1.165, 1.54) is 12.8 Å². The minimum atomic E-state index is 0.0749. The van der Waals surface area contributed by atoms with Crippen molar-refractivity contribution in [3.63, 3.8) is 0 Å². The van der Waals surface area contributed by atoms with Crippen molar-refractivity contribution in [3.8, 4) is 5.88 Å². The highest BCUT2D eigenvalue weighted by atomic mass is 16.5. The average Bonchev–Trinajstić information content (AvgIpc) is 3.20. The number of hydrogen-bond donors (Lipinski definition) is 1. The maximum atomic E-state index is 5.68. The summed E-state index contributed by atoms with van der Waals surface area (Å²) >= 11 is 0. The average molecular weight is 278 g/mol. The molecule has 20 heavy (non-hydrogen) atoms. The Morgan fingerprint density at radius 3 is 2.75 bits per heavy atom. The molecule has 1 aliphatic carbocycles. The number of aromatic nitrogens is 2. The van der Waals surface area contributed by atoms with Gasteiger partial charge in [-0.05, 0) is 40.7 Å². The van der Waals surface area contributed by atoms with Crippen molar-refractivity contribution in [2.24, 2.45) is 0 Å². The van der Waals surface area contributed by atoms with Crippen molar-refractivity contribution >= 4 is 0 Å². The molecule has 0 amide bonds. The zero-order valence-electron chi connectivity index (χ0n) is 13.0. The molecule has 0 aromatic carbocycles. The summed E-state index contributed by atoms with van der Waals surface area (Å²) < 4.78 is 5.68. The maximum absolute atomic E-state index is 5.68. The van der Waals surface area contributed by atoms with E-state index in [0.29, 0.717) is 19.0 Å². The molecule has 1 fully saturated rings. The van der Waals surface area contributed by atoms with Crippen molar-refractivity contribution < 1.29 is 4.74 Å². The first-order chi connectivity index (χ1) is 9.44. The van der Waals surface area contributed by atoms with Crippen LogP contribution in [-0.4, -0.2) is 46.6 Å². The largest absolute Gasteiger partial charge is 0.475 e. The Morgan fingerprint density at radius 1 is 1.35 bits per heavy atom. The van der Waals surface area contributed by atoms with E-state index in [1.807, 2.05) is 0 Å². The van der Waals surface area contributed by atoms with Crippen LogP contribution in [0.25, 0.3) is 0 Å². The molecule has 0 aliphatic heterocycles. The minimum Gasteiger partial charge on any atom is -0.475 e. The molecule has 1 aromatic rings. The van der Waals surface area contributed by atoms with Crippen LogP contribution in [0.1, 0.15) is 39.3 Å². The lowest BCUT2D eigenvalue weighted by Crippen LogP contribution is -2.35. The molecule has 5 heteroatoms. The van der Waals surface area contributed by atoms with Gasteiger partial charge in [-0.15, -0.1) is 0 Å². The number of rotatable bonds is 7. The molecule has 2 rings (SSSR count). The molecular formula is C15H26N4O. The van der Waals surface area contributed by atoms with Crippen LogP contribution in [0.15, 0.2) is 12.4 Å². The van der Waals surface area contributed by atoms with E-state index in [4.69, 9.17) is 4.74 Å². The van der Waals surface area contributed by atoms with Crippen molar-refractivity contribution in [1.82, 2.24) is 20.2 Å². The van der Waals surface area contributed by atoms with Crippen LogP contribution < -0.4 is 10.1 Å². The molecule has 0 saturated heterocycles. The highest BCUT2D eigenvalue weighted by Crippen LogP contribution is 2.24. The molecule has 1 aliphatic rings. The van der Waals surface area contributed by atoms with Crippen molar-refractivity contribution in [2.45, 2.75) is 51.7 Å². The monoisotopic (exact) mass is 278 g/mol. The summed E-state index contributed by atoms with van der Waals surface area (Å²) in [5.41, 5.74) is 0.985. The third-order valence-electron chi connectivity index (χ3n) is 3.33. The predicted molar refractivity (Wildman–Crippen MR) is 79.8 cm³/mol. The molecule has 1 heterocycles. The first-order valence-electron chi connectivity index (χ1n) is 7.33. The van der Waals surface area contributed by atoms with Crippen molar-refractivity contribution in [1.29, 1.82) is 0 Å². The van der Waals surface area contributed by atoms with E-state index in [9.17, 15) is 0 Å². The molecule has 0 atom stereocenters. The number of likely N-dealkylation sites (N-methyl/N-ethyl adjacent to an activating group) is 1. The zero-order chi connectivity index (χ0) is 14.6. The van der Waals surface area contributed by atoms with E-state index in [1.54, 1.807) is 12.4 Å². The van der Waals surface area contributed by atoms with Crippen LogP contribution in [0.2, 0.25) is 0 Å². The summed E-state index contributed by atoms with van der Waals surface area (Å²) in [5, 5.41) is 3.40. The van der Waals surface area contributed by atoms with Crippen molar-refractivity contribution in [3.05, 3.63) is 18.1 Å². The van der Waals surface area contributed by atoms with Crippen LogP contribution in [0.5, 0.6) is 5.88 Å². The van der Waals surface area contributed by atoms with E-state index < -0.39 is 0 Å². The Morgan fingerprint density at radius 2 is 2.10 bits per heavy atom. The lowest BCUT2D eigenvalue weighted by molar-refractivity contribution is 0.225. The smallest absolute Gasteiger partial charge is 0.232 e. The van der Waals surface area contributed by atoms with E-state index in [2.05, 4.69) is 48.0 Å². The fourth-order valence-electron chi connectivity index (χ4n) is 1.89. The summed E-state index contributed by atoms with van der Waals surface area (Å²) in [4.78, 5) is 11.0. The number of ether oxygens (including phenoxy) is 1. The van der Waals surface area contributed by atoms with Gasteiger partial charge in [0.25, 0.3) is 0 Å². The van der Waals surface area contributed by atoms with Gasteiger partial charge in [-0.2, -0.15) is 0 Å². The first-order valence-corrected chi connectivity index (χ1v) is 7.33. The van der Waals surface area contributed by atoms with Gasteiger partial charge in [0, 0.05) is 30.9 Å². The molecule has 1 N–H and O–H groups in total. The van der Waals surface area contributed by atoms with Gasteiger partial charge in [0.15, 0.2) is 0 Å². The number of nitrogens with one attached hydrogen (secondary N) is 1. The molecule has 1 saturated carbocycles. The second kappa shape index (κ2) is 6.50. The SMILES string of the molecule is CN(CCOc1cncc(CNC(C)(C)C)n1)C1CC1.